The van der Waals surface area contributed by atoms with Crippen LogP contribution in [0.25, 0.3) is 0 Å². The molecule has 0 aromatic heterocycles. The van der Waals surface area contributed by atoms with Crippen LogP contribution in [-0.4, -0.2) is 41.5 Å². The number of carbonyl (C=O) groups excluding carboxylic acids is 3. The fourth-order valence-electron chi connectivity index (χ4n) is 3.03. The van der Waals surface area contributed by atoms with Crippen molar-refractivity contribution in [2.24, 2.45) is 5.41 Å². The smallest absolute Gasteiger partial charge is 0.331 e. The highest BCUT2D eigenvalue weighted by Crippen LogP contribution is 2.45. The lowest BCUT2D eigenvalue weighted by molar-refractivity contribution is -0.159. The average Bonchev–Trinajstić information content (AvgIpc) is 2.62. The SMILES string of the molecule is CC1OCCC1N1C(=O)NC(=O)C2(CCC2)C1=O. The van der Waals surface area contributed by atoms with Gasteiger partial charge in [0.1, 0.15) is 5.41 Å². The third-order valence-electron chi connectivity index (χ3n) is 4.38. The van der Waals surface area contributed by atoms with Gasteiger partial charge < -0.3 is 4.74 Å². The summed E-state index contributed by atoms with van der Waals surface area (Å²) in [7, 11) is 0. The Balaban J connectivity index is 1.91. The van der Waals surface area contributed by atoms with Gasteiger partial charge in [0.05, 0.1) is 12.1 Å². The maximum Gasteiger partial charge on any atom is 0.331 e. The molecule has 2 aliphatic heterocycles. The van der Waals surface area contributed by atoms with Gasteiger partial charge in [-0.25, -0.2) is 4.79 Å². The Morgan fingerprint density at radius 2 is 2.06 bits per heavy atom. The first-order chi connectivity index (χ1) is 8.56. The van der Waals surface area contributed by atoms with E-state index in [1.54, 1.807) is 0 Å². The van der Waals surface area contributed by atoms with E-state index in [4.69, 9.17) is 4.74 Å². The van der Waals surface area contributed by atoms with Gasteiger partial charge in [-0.15, -0.1) is 0 Å². The molecule has 2 saturated heterocycles. The quantitative estimate of drug-likeness (QED) is 0.686. The van der Waals surface area contributed by atoms with Gasteiger partial charge in [-0.3, -0.25) is 19.8 Å². The average molecular weight is 252 g/mol. The molecule has 3 fully saturated rings. The molecular formula is C12H16N2O4. The molecule has 0 bridgehead atoms. The molecule has 2 heterocycles. The highest BCUT2D eigenvalue weighted by molar-refractivity contribution is 6.19. The second-order valence-electron chi connectivity index (χ2n) is 5.30. The Kier molecular flexibility index (Phi) is 2.45. The van der Waals surface area contributed by atoms with E-state index in [0.717, 1.165) is 6.42 Å². The number of hydrogen-bond acceptors (Lipinski definition) is 4. The van der Waals surface area contributed by atoms with Crippen LogP contribution in [0.4, 0.5) is 4.79 Å². The summed E-state index contributed by atoms with van der Waals surface area (Å²) in [6, 6.07) is -0.840. The van der Waals surface area contributed by atoms with E-state index in [-0.39, 0.29) is 18.1 Å². The number of nitrogens with zero attached hydrogens (tertiary/aromatic N) is 1. The molecule has 2 unspecified atom stereocenters. The number of rotatable bonds is 1. The molecule has 1 N–H and O–H groups in total. The molecular weight excluding hydrogens is 236 g/mol. The van der Waals surface area contributed by atoms with Crippen LogP contribution in [0, 0.1) is 5.41 Å². The Hall–Kier alpha value is -1.43. The standard InChI is InChI=1S/C12H16N2O4/c1-7-8(3-6-18-7)14-10(16)12(4-2-5-12)9(15)13-11(14)17/h7-8H,2-6H2,1H3,(H,13,15,17). The highest BCUT2D eigenvalue weighted by Gasteiger charge is 2.59. The Morgan fingerprint density at radius 3 is 2.56 bits per heavy atom. The minimum absolute atomic E-state index is 0.162. The molecule has 0 aromatic rings. The van der Waals surface area contributed by atoms with E-state index in [0.29, 0.717) is 25.9 Å². The number of nitrogens with one attached hydrogen (secondary N) is 1. The zero-order chi connectivity index (χ0) is 12.9. The van der Waals surface area contributed by atoms with E-state index in [2.05, 4.69) is 5.32 Å². The van der Waals surface area contributed by atoms with Gasteiger partial charge in [-0.2, -0.15) is 0 Å². The van der Waals surface area contributed by atoms with Crippen molar-refractivity contribution >= 4 is 17.8 Å². The molecule has 6 heteroatoms. The lowest BCUT2D eigenvalue weighted by Gasteiger charge is -2.46. The Labute approximate surface area is 105 Å². The van der Waals surface area contributed by atoms with Gasteiger partial charge in [0.15, 0.2) is 0 Å². The van der Waals surface area contributed by atoms with Crippen molar-refractivity contribution in [1.29, 1.82) is 0 Å². The first kappa shape index (κ1) is 11.6. The molecule has 18 heavy (non-hydrogen) atoms. The summed E-state index contributed by atoms with van der Waals surface area (Å²) < 4.78 is 5.40. The first-order valence-electron chi connectivity index (χ1n) is 6.37. The fraction of sp³-hybridized carbons (Fsp3) is 0.750. The van der Waals surface area contributed by atoms with Crippen molar-refractivity contribution in [3.8, 4) is 0 Å². The van der Waals surface area contributed by atoms with Crippen molar-refractivity contribution in [2.75, 3.05) is 6.61 Å². The van der Waals surface area contributed by atoms with E-state index < -0.39 is 17.4 Å². The third kappa shape index (κ3) is 1.35. The predicted molar refractivity (Wildman–Crippen MR) is 60.5 cm³/mol. The summed E-state index contributed by atoms with van der Waals surface area (Å²) in [4.78, 5) is 37.4. The summed E-state index contributed by atoms with van der Waals surface area (Å²) in [5.74, 6) is -0.753. The van der Waals surface area contributed by atoms with Gasteiger partial charge in [0.2, 0.25) is 11.8 Å². The van der Waals surface area contributed by atoms with E-state index >= 15 is 0 Å². The van der Waals surface area contributed by atoms with E-state index in [9.17, 15) is 14.4 Å². The number of ether oxygens (including phenoxy) is 1. The molecule has 4 amide bonds. The topological polar surface area (TPSA) is 75.7 Å². The molecule has 2 atom stereocenters. The van der Waals surface area contributed by atoms with Gasteiger partial charge in [-0.05, 0) is 26.2 Å². The van der Waals surface area contributed by atoms with E-state index in [1.165, 1.54) is 4.90 Å². The van der Waals surface area contributed by atoms with Gasteiger partial charge in [-0.1, -0.05) is 6.42 Å². The largest absolute Gasteiger partial charge is 0.376 e. The van der Waals surface area contributed by atoms with Crippen molar-refractivity contribution in [1.82, 2.24) is 10.2 Å². The lowest BCUT2D eigenvalue weighted by atomic mass is 9.66. The van der Waals surface area contributed by atoms with Crippen molar-refractivity contribution < 1.29 is 19.1 Å². The van der Waals surface area contributed by atoms with Crippen LogP contribution in [0.3, 0.4) is 0 Å². The number of amides is 4. The van der Waals surface area contributed by atoms with Crippen LogP contribution < -0.4 is 5.32 Å². The minimum atomic E-state index is -0.976. The molecule has 1 spiro atoms. The number of urea groups is 1. The summed E-state index contributed by atoms with van der Waals surface area (Å²) in [5.41, 5.74) is -0.976. The summed E-state index contributed by atoms with van der Waals surface area (Å²) in [6.45, 7) is 2.39. The molecule has 0 radical (unpaired) electrons. The predicted octanol–water partition coefficient (Wildman–Crippen LogP) is 0.412. The molecule has 98 valence electrons. The zero-order valence-corrected chi connectivity index (χ0v) is 10.3. The summed E-state index contributed by atoms with van der Waals surface area (Å²) >= 11 is 0. The summed E-state index contributed by atoms with van der Waals surface area (Å²) in [5, 5.41) is 2.32. The van der Waals surface area contributed by atoms with Gasteiger partial charge >= 0.3 is 6.03 Å². The van der Waals surface area contributed by atoms with Crippen molar-refractivity contribution in [3.63, 3.8) is 0 Å². The van der Waals surface area contributed by atoms with Gasteiger partial charge in [0, 0.05) is 6.61 Å². The molecule has 0 aromatic carbocycles. The second-order valence-corrected chi connectivity index (χ2v) is 5.30. The molecule has 3 rings (SSSR count). The molecule has 6 nitrogen and oxygen atoms in total. The van der Waals surface area contributed by atoms with Crippen LogP contribution in [-0.2, 0) is 14.3 Å². The van der Waals surface area contributed by atoms with Crippen molar-refractivity contribution in [2.45, 2.75) is 44.8 Å². The number of carbonyl (C=O) groups is 3. The normalized spacial score (nSPS) is 34.7. The monoisotopic (exact) mass is 252 g/mol. The van der Waals surface area contributed by atoms with Crippen LogP contribution in [0.2, 0.25) is 0 Å². The van der Waals surface area contributed by atoms with E-state index in [1.807, 2.05) is 6.92 Å². The Bertz CT molecular complexity index is 430. The van der Waals surface area contributed by atoms with Crippen LogP contribution in [0.1, 0.15) is 32.6 Å². The Morgan fingerprint density at radius 1 is 1.33 bits per heavy atom. The molecule has 1 saturated carbocycles. The molecule has 1 aliphatic carbocycles. The highest BCUT2D eigenvalue weighted by atomic mass is 16.5. The number of imide groups is 2. The van der Waals surface area contributed by atoms with Crippen molar-refractivity contribution in [3.05, 3.63) is 0 Å². The maximum absolute atomic E-state index is 12.5. The molecule has 3 aliphatic rings. The number of hydrogen-bond donors (Lipinski definition) is 1. The first-order valence-corrected chi connectivity index (χ1v) is 6.37. The van der Waals surface area contributed by atoms with Gasteiger partial charge in [0.25, 0.3) is 0 Å². The lowest BCUT2D eigenvalue weighted by Crippen LogP contribution is -2.68. The van der Waals surface area contributed by atoms with Crippen LogP contribution in [0.5, 0.6) is 0 Å². The zero-order valence-electron chi connectivity index (χ0n) is 10.3. The summed E-state index contributed by atoms with van der Waals surface area (Å²) in [6.07, 6.45) is 2.43. The maximum atomic E-state index is 12.5. The minimum Gasteiger partial charge on any atom is -0.376 e. The van der Waals surface area contributed by atoms with Crippen LogP contribution >= 0.6 is 0 Å². The number of barbiturate groups is 1. The second kappa shape index (κ2) is 3.78. The fourth-order valence-corrected chi connectivity index (χ4v) is 3.03. The van der Waals surface area contributed by atoms with Crippen LogP contribution in [0.15, 0.2) is 0 Å². The third-order valence-corrected chi connectivity index (χ3v) is 4.38.